The third kappa shape index (κ3) is 4.14. The number of aliphatic carboxylic acids is 1. The topological polar surface area (TPSA) is 69.6 Å². The standard InChI is InChI=1S/C14H16F2N2O3/c15-10-2-3-11(16)12(7-10)17-14(21)18-6-5-9(8-18)1-4-13(19)20/h2-3,7,9H,1,4-6,8H2,(H,17,21)(H,19,20). The second-order valence-electron chi connectivity index (χ2n) is 5.09. The van der Waals surface area contributed by atoms with E-state index < -0.39 is 23.6 Å². The Bertz CT molecular complexity index is 551. The first-order valence-electron chi connectivity index (χ1n) is 6.68. The van der Waals surface area contributed by atoms with E-state index >= 15 is 0 Å². The number of anilines is 1. The molecule has 0 saturated carbocycles. The van der Waals surface area contributed by atoms with Gasteiger partial charge in [0.05, 0.1) is 5.69 Å². The summed E-state index contributed by atoms with van der Waals surface area (Å²) >= 11 is 0. The first kappa shape index (κ1) is 15.2. The zero-order valence-corrected chi connectivity index (χ0v) is 11.3. The molecule has 1 atom stereocenters. The molecule has 114 valence electrons. The first-order chi connectivity index (χ1) is 9.95. The van der Waals surface area contributed by atoms with Crippen molar-refractivity contribution in [3.63, 3.8) is 0 Å². The van der Waals surface area contributed by atoms with Crippen LogP contribution in [-0.4, -0.2) is 35.1 Å². The summed E-state index contributed by atoms with van der Waals surface area (Å²) in [5.41, 5.74) is -0.200. The number of halogens is 2. The van der Waals surface area contributed by atoms with Gasteiger partial charge in [0.25, 0.3) is 0 Å². The number of rotatable bonds is 4. The predicted molar refractivity (Wildman–Crippen MR) is 71.9 cm³/mol. The van der Waals surface area contributed by atoms with Crippen molar-refractivity contribution >= 4 is 17.7 Å². The summed E-state index contributed by atoms with van der Waals surface area (Å²) in [6.45, 7) is 0.906. The fourth-order valence-corrected chi connectivity index (χ4v) is 2.37. The highest BCUT2D eigenvalue weighted by molar-refractivity contribution is 5.89. The van der Waals surface area contributed by atoms with Crippen LogP contribution in [0.3, 0.4) is 0 Å². The van der Waals surface area contributed by atoms with Crippen LogP contribution in [0, 0.1) is 17.6 Å². The molecule has 2 rings (SSSR count). The van der Waals surface area contributed by atoms with Gasteiger partial charge in [0.1, 0.15) is 11.6 Å². The van der Waals surface area contributed by atoms with Crippen LogP contribution in [-0.2, 0) is 4.79 Å². The second-order valence-corrected chi connectivity index (χ2v) is 5.09. The molecule has 0 aliphatic carbocycles. The van der Waals surface area contributed by atoms with E-state index in [9.17, 15) is 18.4 Å². The minimum absolute atomic E-state index is 0.0681. The number of nitrogens with one attached hydrogen (secondary N) is 1. The van der Waals surface area contributed by atoms with Gasteiger partial charge in [-0.15, -0.1) is 0 Å². The number of carbonyl (C=O) groups is 2. The minimum Gasteiger partial charge on any atom is -0.481 e. The number of carboxylic acids is 1. The Morgan fingerprint density at radius 2 is 2.14 bits per heavy atom. The van der Waals surface area contributed by atoms with E-state index in [1.807, 2.05) is 0 Å². The molecule has 7 heteroatoms. The number of hydrogen-bond donors (Lipinski definition) is 2. The normalized spacial score (nSPS) is 17.8. The predicted octanol–water partition coefficient (Wildman–Crippen LogP) is 2.68. The third-order valence-corrected chi connectivity index (χ3v) is 3.51. The number of likely N-dealkylation sites (tertiary alicyclic amines) is 1. The summed E-state index contributed by atoms with van der Waals surface area (Å²) in [6.07, 6.45) is 1.29. The molecule has 1 aliphatic rings. The van der Waals surface area contributed by atoms with Gasteiger partial charge in [-0.05, 0) is 30.9 Å². The Balaban J connectivity index is 1.90. The lowest BCUT2D eigenvalue weighted by molar-refractivity contribution is -0.137. The van der Waals surface area contributed by atoms with E-state index in [1.165, 1.54) is 4.90 Å². The monoisotopic (exact) mass is 298 g/mol. The van der Waals surface area contributed by atoms with Gasteiger partial charge < -0.3 is 15.3 Å². The van der Waals surface area contributed by atoms with Gasteiger partial charge in [-0.2, -0.15) is 0 Å². The molecule has 1 heterocycles. The smallest absolute Gasteiger partial charge is 0.321 e. The molecule has 1 fully saturated rings. The quantitative estimate of drug-likeness (QED) is 0.898. The highest BCUT2D eigenvalue weighted by Crippen LogP contribution is 2.22. The van der Waals surface area contributed by atoms with Gasteiger partial charge in [-0.3, -0.25) is 4.79 Å². The van der Waals surface area contributed by atoms with Crippen molar-refractivity contribution in [2.24, 2.45) is 5.92 Å². The van der Waals surface area contributed by atoms with Gasteiger partial charge in [0.2, 0.25) is 0 Å². The van der Waals surface area contributed by atoms with Gasteiger partial charge >= 0.3 is 12.0 Å². The maximum Gasteiger partial charge on any atom is 0.321 e. The highest BCUT2D eigenvalue weighted by Gasteiger charge is 2.27. The summed E-state index contributed by atoms with van der Waals surface area (Å²) in [4.78, 5) is 24.0. The second kappa shape index (κ2) is 6.51. The molecular formula is C14H16F2N2O3. The molecule has 0 radical (unpaired) electrons. The number of hydrogen-bond acceptors (Lipinski definition) is 2. The van der Waals surface area contributed by atoms with Gasteiger partial charge in [-0.1, -0.05) is 0 Å². The van der Waals surface area contributed by atoms with Crippen molar-refractivity contribution in [3.05, 3.63) is 29.8 Å². The zero-order valence-electron chi connectivity index (χ0n) is 11.3. The number of carboxylic acid groups (broad SMARTS) is 1. The van der Waals surface area contributed by atoms with E-state index in [1.54, 1.807) is 0 Å². The number of benzene rings is 1. The summed E-state index contributed by atoms with van der Waals surface area (Å²) in [5.74, 6) is -2.07. The molecule has 1 aliphatic heterocycles. The van der Waals surface area contributed by atoms with Gasteiger partial charge in [0.15, 0.2) is 0 Å². The summed E-state index contributed by atoms with van der Waals surface area (Å²) in [6, 6.07) is 2.34. The largest absolute Gasteiger partial charge is 0.481 e. The molecule has 1 unspecified atom stereocenters. The average Bonchev–Trinajstić information content (AvgIpc) is 2.89. The Morgan fingerprint density at radius 1 is 1.38 bits per heavy atom. The number of amides is 2. The lowest BCUT2D eigenvalue weighted by Crippen LogP contribution is -2.33. The maximum atomic E-state index is 13.4. The van der Waals surface area contributed by atoms with Crippen LogP contribution in [0.4, 0.5) is 19.3 Å². The first-order valence-corrected chi connectivity index (χ1v) is 6.68. The lowest BCUT2D eigenvalue weighted by Gasteiger charge is -2.17. The van der Waals surface area contributed by atoms with Crippen LogP contribution in [0.5, 0.6) is 0 Å². The van der Waals surface area contributed by atoms with Crippen LogP contribution in [0.25, 0.3) is 0 Å². The number of nitrogens with zero attached hydrogens (tertiary/aromatic N) is 1. The van der Waals surface area contributed by atoms with Crippen LogP contribution in [0.1, 0.15) is 19.3 Å². The van der Waals surface area contributed by atoms with Crippen molar-refractivity contribution in [1.29, 1.82) is 0 Å². The Labute approximate surface area is 120 Å². The van der Waals surface area contributed by atoms with Crippen LogP contribution >= 0.6 is 0 Å². The van der Waals surface area contributed by atoms with Crippen LogP contribution in [0.15, 0.2) is 18.2 Å². The van der Waals surface area contributed by atoms with E-state index in [0.29, 0.717) is 25.9 Å². The van der Waals surface area contributed by atoms with Crippen LogP contribution in [0.2, 0.25) is 0 Å². The fourth-order valence-electron chi connectivity index (χ4n) is 2.37. The molecular weight excluding hydrogens is 282 g/mol. The van der Waals surface area contributed by atoms with Crippen LogP contribution < -0.4 is 5.32 Å². The van der Waals surface area contributed by atoms with Gasteiger partial charge in [-0.25, -0.2) is 13.6 Å². The van der Waals surface area contributed by atoms with Crippen molar-refractivity contribution in [2.45, 2.75) is 19.3 Å². The molecule has 1 aromatic rings. The summed E-state index contributed by atoms with van der Waals surface area (Å²) < 4.78 is 26.5. The fraction of sp³-hybridized carbons (Fsp3) is 0.429. The average molecular weight is 298 g/mol. The van der Waals surface area contributed by atoms with Gasteiger partial charge in [0, 0.05) is 25.6 Å². The molecule has 1 saturated heterocycles. The van der Waals surface area contributed by atoms with Crippen molar-refractivity contribution in [1.82, 2.24) is 4.90 Å². The molecule has 2 N–H and O–H groups in total. The van der Waals surface area contributed by atoms with E-state index in [4.69, 9.17) is 5.11 Å². The summed E-state index contributed by atoms with van der Waals surface area (Å²) in [5, 5.41) is 11.0. The van der Waals surface area contributed by atoms with Crippen molar-refractivity contribution in [3.8, 4) is 0 Å². The number of urea groups is 1. The molecule has 0 spiro atoms. The van der Waals surface area contributed by atoms with E-state index in [-0.39, 0.29) is 18.0 Å². The minimum atomic E-state index is -0.861. The zero-order chi connectivity index (χ0) is 15.4. The Hall–Kier alpha value is -2.18. The number of carbonyl (C=O) groups excluding carboxylic acids is 1. The molecule has 2 amide bonds. The Morgan fingerprint density at radius 3 is 2.86 bits per heavy atom. The Kier molecular flexibility index (Phi) is 4.72. The van der Waals surface area contributed by atoms with Crippen molar-refractivity contribution in [2.75, 3.05) is 18.4 Å². The maximum absolute atomic E-state index is 13.4. The van der Waals surface area contributed by atoms with E-state index in [2.05, 4.69) is 5.32 Å². The molecule has 0 bridgehead atoms. The molecule has 0 aromatic heterocycles. The molecule has 5 nitrogen and oxygen atoms in total. The highest BCUT2D eigenvalue weighted by atomic mass is 19.1. The van der Waals surface area contributed by atoms with Crippen molar-refractivity contribution < 1.29 is 23.5 Å². The summed E-state index contributed by atoms with van der Waals surface area (Å²) in [7, 11) is 0. The SMILES string of the molecule is O=C(O)CCC1CCN(C(=O)Nc2cc(F)ccc2F)C1. The lowest BCUT2D eigenvalue weighted by atomic mass is 10.0. The molecule has 21 heavy (non-hydrogen) atoms. The molecule has 1 aromatic carbocycles. The van der Waals surface area contributed by atoms with E-state index in [0.717, 1.165) is 18.2 Å². The third-order valence-electron chi connectivity index (χ3n) is 3.51.